The fourth-order valence-electron chi connectivity index (χ4n) is 2.70. The maximum Gasteiger partial charge on any atom is 0.0483 e. The fourth-order valence-corrected chi connectivity index (χ4v) is 2.70. The molecule has 0 aromatic rings. The summed E-state index contributed by atoms with van der Waals surface area (Å²) in [6.07, 6.45) is 10.3. The van der Waals surface area contributed by atoms with Gasteiger partial charge in [-0.15, -0.1) is 0 Å². The van der Waals surface area contributed by atoms with E-state index in [1.165, 1.54) is 44.9 Å². The highest BCUT2D eigenvalue weighted by atomic mass is 16.5. The number of ether oxygens (including phenoxy) is 1. The first kappa shape index (κ1) is 14.0. The van der Waals surface area contributed by atoms with E-state index >= 15 is 0 Å². The van der Waals surface area contributed by atoms with Crippen LogP contribution in [0.1, 0.15) is 65.2 Å². The topological polar surface area (TPSA) is 35.2 Å². The van der Waals surface area contributed by atoms with Crippen LogP contribution in [0.2, 0.25) is 0 Å². The average Bonchev–Trinajstić information content (AvgIpc) is 2.29. The number of nitrogens with two attached hydrogens (primary N) is 1. The van der Waals surface area contributed by atoms with Crippen molar-refractivity contribution in [2.24, 2.45) is 11.7 Å². The van der Waals surface area contributed by atoms with Gasteiger partial charge in [0.05, 0.1) is 0 Å². The van der Waals surface area contributed by atoms with Crippen molar-refractivity contribution in [3.05, 3.63) is 0 Å². The molecule has 1 fully saturated rings. The van der Waals surface area contributed by atoms with Crippen LogP contribution < -0.4 is 5.73 Å². The third-order valence-electron chi connectivity index (χ3n) is 4.02. The van der Waals surface area contributed by atoms with Gasteiger partial charge in [-0.1, -0.05) is 26.2 Å². The summed E-state index contributed by atoms with van der Waals surface area (Å²) in [6.45, 7) is 5.98. The van der Waals surface area contributed by atoms with Crippen molar-refractivity contribution in [1.82, 2.24) is 0 Å². The van der Waals surface area contributed by atoms with Gasteiger partial charge in [0.15, 0.2) is 0 Å². The Morgan fingerprint density at radius 2 is 1.94 bits per heavy atom. The Kier molecular flexibility index (Phi) is 6.37. The van der Waals surface area contributed by atoms with Gasteiger partial charge in [0.2, 0.25) is 0 Å². The van der Waals surface area contributed by atoms with E-state index in [-0.39, 0.29) is 5.54 Å². The molecule has 96 valence electrons. The van der Waals surface area contributed by atoms with E-state index in [0.29, 0.717) is 0 Å². The van der Waals surface area contributed by atoms with Gasteiger partial charge in [-0.3, -0.25) is 0 Å². The Labute approximate surface area is 101 Å². The van der Waals surface area contributed by atoms with Gasteiger partial charge in [-0.2, -0.15) is 0 Å². The Morgan fingerprint density at radius 3 is 2.50 bits per heavy atom. The normalized spacial score (nSPS) is 30.6. The van der Waals surface area contributed by atoms with E-state index in [4.69, 9.17) is 10.5 Å². The summed E-state index contributed by atoms with van der Waals surface area (Å²) in [7, 11) is 0. The second-order valence-corrected chi connectivity index (χ2v) is 5.39. The summed E-state index contributed by atoms with van der Waals surface area (Å²) < 4.78 is 5.41. The van der Waals surface area contributed by atoms with E-state index < -0.39 is 0 Å². The third kappa shape index (κ3) is 4.84. The molecule has 2 heteroatoms. The van der Waals surface area contributed by atoms with Gasteiger partial charge in [0.1, 0.15) is 0 Å². The molecule has 0 atom stereocenters. The van der Waals surface area contributed by atoms with Gasteiger partial charge < -0.3 is 10.5 Å². The van der Waals surface area contributed by atoms with Crippen molar-refractivity contribution < 1.29 is 4.74 Å². The van der Waals surface area contributed by atoms with Gasteiger partial charge in [0, 0.05) is 18.8 Å². The minimum atomic E-state index is 0.0812. The largest absolute Gasteiger partial charge is 0.382 e. The van der Waals surface area contributed by atoms with Crippen LogP contribution in [-0.4, -0.2) is 18.8 Å². The van der Waals surface area contributed by atoms with E-state index in [1.807, 2.05) is 6.92 Å². The Bertz CT molecular complexity index is 174. The first-order valence-electron chi connectivity index (χ1n) is 7.07. The molecule has 1 aliphatic carbocycles. The number of hydrogen-bond acceptors (Lipinski definition) is 2. The van der Waals surface area contributed by atoms with E-state index in [0.717, 1.165) is 25.6 Å². The second kappa shape index (κ2) is 7.29. The lowest BCUT2D eigenvalue weighted by atomic mass is 9.74. The maximum absolute atomic E-state index is 6.41. The van der Waals surface area contributed by atoms with Crippen LogP contribution in [0.25, 0.3) is 0 Å². The summed E-state index contributed by atoms with van der Waals surface area (Å²) in [5.41, 5.74) is 6.49. The van der Waals surface area contributed by atoms with Crippen LogP contribution in [0, 0.1) is 5.92 Å². The molecular weight excluding hydrogens is 198 g/mol. The number of hydrogen-bond donors (Lipinski definition) is 1. The highest BCUT2D eigenvalue weighted by Gasteiger charge is 2.30. The molecular formula is C14H29NO. The molecule has 0 amide bonds. The molecule has 16 heavy (non-hydrogen) atoms. The molecule has 0 radical (unpaired) electrons. The molecule has 0 bridgehead atoms. The zero-order valence-corrected chi connectivity index (χ0v) is 11.1. The zero-order chi connectivity index (χ0) is 11.9. The monoisotopic (exact) mass is 227 g/mol. The molecule has 0 saturated heterocycles. The van der Waals surface area contributed by atoms with Gasteiger partial charge in [0.25, 0.3) is 0 Å². The molecule has 0 aromatic heterocycles. The minimum Gasteiger partial charge on any atom is -0.382 e. The van der Waals surface area contributed by atoms with Crippen molar-refractivity contribution >= 4 is 0 Å². The van der Waals surface area contributed by atoms with Crippen LogP contribution in [0.4, 0.5) is 0 Å². The van der Waals surface area contributed by atoms with Crippen molar-refractivity contribution in [3.8, 4) is 0 Å². The fraction of sp³-hybridized carbons (Fsp3) is 1.00. The van der Waals surface area contributed by atoms with Gasteiger partial charge >= 0.3 is 0 Å². The Balaban J connectivity index is 2.18. The second-order valence-electron chi connectivity index (χ2n) is 5.39. The highest BCUT2D eigenvalue weighted by molar-refractivity contribution is 4.89. The minimum absolute atomic E-state index is 0.0812. The summed E-state index contributed by atoms with van der Waals surface area (Å²) >= 11 is 0. The van der Waals surface area contributed by atoms with Crippen molar-refractivity contribution in [3.63, 3.8) is 0 Å². The van der Waals surface area contributed by atoms with Crippen LogP contribution >= 0.6 is 0 Å². The standard InChI is InChI=1S/C14H29NO/c1-3-5-6-13-7-9-14(15,10-8-13)11-12-16-4-2/h13H,3-12,15H2,1-2H3. The summed E-state index contributed by atoms with van der Waals surface area (Å²) in [5.74, 6) is 0.948. The van der Waals surface area contributed by atoms with Crippen molar-refractivity contribution in [1.29, 1.82) is 0 Å². The lowest BCUT2D eigenvalue weighted by Crippen LogP contribution is -2.44. The predicted octanol–water partition coefficient (Wildman–Crippen LogP) is 3.49. The molecule has 0 aromatic carbocycles. The lowest BCUT2D eigenvalue weighted by molar-refractivity contribution is 0.107. The predicted molar refractivity (Wildman–Crippen MR) is 69.5 cm³/mol. The first-order chi connectivity index (χ1) is 7.70. The molecule has 0 unspecified atom stereocenters. The van der Waals surface area contributed by atoms with Crippen LogP contribution in [0.3, 0.4) is 0 Å². The molecule has 1 aliphatic rings. The SMILES string of the molecule is CCCCC1CCC(N)(CCOCC)CC1. The molecule has 0 aliphatic heterocycles. The van der Waals surface area contributed by atoms with Gasteiger partial charge in [-0.05, 0) is 44.9 Å². The quantitative estimate of drug-likeness (QED) is 0.676. The van der Waals surface area contributed by atoms with Crippen LogP contribution in [-0.2, 0) is 4.74 Å². The van der Waals surface area contributed by atoms with E-state index in [1.54, 1.807) is 0 Å². The van der Waals surface area contributed by atoms with Crippen molar-refractivity contribution in [2.75, 3.05) is 13.2 Å². The van der Waals surface area contributed by atoms with Crippen molar-refractivity contribution in [2.45, 2.75) is 70.8 Å². The maximum atomic E-state index is 6.41. The first-order valence-corrected chi connectivity index (χ1v) is 7.07. The lowest BCUT2D eigenvalue weighted by Gasteiger charge is -2.37. The summed E-state index contributed by atoms with van der Waals surface area (Å²) in [5, 5.41) is 0. The molecule has 0 spiro atoms. The van der Waals surface area contributed by atoms with Crippen LogP contribution in [0.5, 0.6) is 0 Å². The molecule has 1 saturated carbocycles. The summed E-state index contributed by atoms with van der Waals surface area (Å²) in [4.78, 5) is 0. The smallest absolute Gasteiger partial charge is 0.0483 e. The number of rotatable bonds is 7. The summed E-state index contributed by atoms with van der Waals surface area (Å²) in [6, 6.07) is 0. The zero-order valence-electron chi connectivity index (χ0n) is 11.1. The highest BCUT2D eigenvalue weighted by Crippen LogP contribution is 2.34. The molecule has 1 rings (SSSR count). The molecule has 2 nitrogen and oxygen atoms in total. The average molecular weight is 227 g/mol. The third-order valence-corrected chi connectivity index (χ3v) is 4.02. The molecule has 2 N–H and O–H groups in total. The Hall–Kier alpha value is -0.0800. The van der Waals surface area contributed by atoms with E-state index in [2.05, 4.69) is 6.92 Å². The van der Waals surface area contributed by atoms with Gasteiger partial charge in [-0.25, -0.2) is 0 Å². The van der Waals surface area contributed by atoms with Crippen LogP contribution in [0.15, 0.2) is 0 Å². The Morgan fingerprint density at radius 1 is 1.25 bits per heavy atom. The van der Waals surface area contributed by atoms with E-state index in [9.17, 15) is 0 Å². The number of unbranched alkanes of at least 4 members (excludes halogenated alkanes) is 1. The molecule has 0 heterocycles.